The fourth-order valence-corrected chi connectivity index (χ4v) is 3.95. The van der Waals surface area contributed by atoms with Crippen LogP contribution in [0.1, 0.15) is 5.56 Å². The Bertz CT molecular complexity index is 1450. The van der Waals surface area contributed by atoms with Crippen molar-refractivity contribution >= 4 is 22.9 Å². The molecule has 2 aromatic heterocycles. The van der Waals surface area contributed by atoms with Gasteiger partial charge >= 0.3 is 6.09 Å². The Balaban J connectivity index is 1.51. The molecule has 4 rings (SSSR count). The molecule has 0 saturated carbocycles. The summed E-state index contributed by atoms with van der Waals surface area (Å²) >= 11 is 0. The highest BCUT2D eigenvalue weighted by molar-refractivity contribution is 5.97. The number of carbonyl (C=O) groups is 1. The number of aromatic nitrogens is 3. The molecular weight excluding hydrogens is 503 g/mol. The highest BCUT2D eigenvalue weighted by Gasteiger charge is 2.20. The van der Waals surface area contributed by atoms with Gasteiger partial charge in [-0.2, -0.15) is 0 Å². The van der Waals surface area contributed by atoms with Gasteiger partial charge in [0.05, 0.1) is 14.2 Å². The van der Waals surface area contributed by atoms with Crippen molar-refractivity contribution in [3.63, 3.8) is 0 Å². The largest absolute Gasteiger partial charge is 0.497 e. The van der Waals surface area contributed by atoms with Crippen molar-refractivity contribution in [1.29, 1.82) is 0 Å². The SMILES string of the molecule is COc1cc(OC)c(F)c(-c2ccc(OC(=O)Nc3ccc(CN(C)CCN(C)C)cn3)c3nccnc23)c1. The number of likely N-dealkylation sites (N-methyl/N-ethyl adjacent to an activating group) is 2. The van der Waals surface area contributed by atoms with E-state index in [0.29, 0.717) is 22.6 Å². The number of benzene rings is 2. The smallest absolute Gasteiger partial charge is 0.418 e. The molecule has 0 unspecified atom stereocenters. The molecule has 0 atom stereocenters. The molecule has 39 heavy (non-hydrogen) atoms. The Labute approximate surface area is 226 Å². The van der Waals surface area contributed by atoms with Gasteiger partial charge in [-0.05, 0) is 51.0 Å². The molecule has 0 aliphatic rings. The maximum Gasteiger partial charge on any atom is 0.418 e. The molecule has 11 heteroatoms. The van der Waals surface area contributed by atoms with E-state index in [2.05, 4.69) is 30.1 Å². The van der Waals surface area contributed by atoms with Crippen molar-refractivity contribution in [1.82, 2.24) is 24.8 Å². The van der Waals surface area contributed by atoms with Crippen molar-refractivity contribution < 1.29 is 23.4 Å². The number of halogens is 1. The molecule has 4 aromatic rings. The van der Waals surface area contributed by atoms with Gasteiger partial charge in [0.2, 0.25) is 0 Å². The summed E-state index contributed by atoms with van der Waals surface area (Å²) in [6.45, 7) is 2.62. The Morgan fingerprint density at radius 1 is 0.897 bits per heavy atom. The first kappa shape index (κ1) is 27.7. The molecule has 0 fully saturated rings. The molecule has 1 N–H and O–H groups in total. The van der Waals surface area contributed by atoms with Crippen LogP contribution in [-0.2, 0) is 6.54 Å². The lowest BCUT2D eigenvalue weighted by atomic mass is 10.0. The summed E-state index contributed by atoms with van der Waals surface area (Å²) in [5.41, 5.74) is 2.31. The zero-order chi connectivity index (χ0) is 27.9. The third kappa shape index (κ3) is 6.75. The molecular formula is C28H31FN6O4. The monoisotopic (exact) mass is 534 g/mol. The number of anilines is 1. The second-order valence-electron chi connectivity index (χ2n) is 9.16. The molecule has 0 bridgehead atoms. The first-order chi connectivity index (χ1) is 18.8. The predicted molar refractivity (Wildman–Crippen MR) is 147 cm³/mol. The van der Waals surface area contributed by atoms with Crippen LogP contribution in [0.25, 0.3) is 22.2 Å². The number of nitrogens with zero attached hydrogens (tertiary/aromatic N) is 5. The van der Waals surface area contributed by atoms with Crippen LogP contribution in [-0.4, -0.2) is 79.3 Å². The number of nitrogens with one attached hydrogen (secondary N) is 1. The molecule has 0 radical (unpaired) electrons. The van der Waals surface area contributed by atoms with Crippen molar-refractivity contribution in [2.45, 2.75) is 6.54 Å². The second kappa shape index (κ2) is 12.5. The average Bonchev–Trinajstić information content (AvgIpc) is 2.93. The summed E-state index contributed by atoms with van der Waals surface area (Å²) < 4.78 is 31.2. The van der Waals surface area contributed by atoms with E-state index in [1.165, 1.54) is 38.7 Å². The minimum absolute atomic E-state index is 0.0276. The van der Waals surface area contributed by atoms with Gasteiger partial charge in [-0.1, -0.05) is 6.07 Å². The predicted octanol–water partition coefficient (Wildman–Crippen LogP) is 4.45. The maximum atomic E-state index is 15.2. The Morgan fingerprint density at radius 3 is 2.33 bits per heavy atom. The lowest BCUT2D eigenvalue weighted by molar-refractivity contribution is 0.215. The quantitative estimate of drug-likeness (QED) is 0.316. The third-order valence-electron chi connectivity index (χ3n) is 5.99. The molecule has 1 amide bonds. The van der Waals surface area contributed by atoms with Crippen molar-refractivity contribution in [3.8, 4) is 28.4 Å². The van der Waals surface area contributed by atoms with Crippen LogP contribution in [0.2, 0.25) is 0 Å². The topological polar surface area (TPSA) is 102 Å². The van der Waals surface area contributed by atoms with Crippen LogP contribution >= 0.6 is 0 Å². The summed E-state index contributed by atoms with van der Waals surface area (Å²) in [5.74, 6) is 0.375. The Kier molecular flexibility index (Phi) is 8.84. The molecule has 204 valence electrons. The highest BCUT2D eigenvalue weighted by Crippen LogP contribution is 2.38. The number of hydrogen-bond acceptors (Lipinski definition) is 9. The Morgan fingerprint density at radius 2 is 1.67 bits per heavy atom. The van der Waals surface area contributed by atoms with Crippen LogP contribution < -0.4 is 19.5 Å². The number of rotatable bonds is 10. The zero-order valence-corrected chi connectivity index (χ0v) is 22.6. The summed E-state index contributed by atoms with van der Waals surface area (Å²) in [7, 11) is 8.98. The highest BCUT2D eigenvalue weighted by atomic mass is 19.1. The van der Waals surface area contributed by atoms with Crippen LogP contribution in [0, 0.1) is 5.82 Å². The van der Waals surface area contributed by atoms with Crippen molar-refractivity contribution in [3.05, 3.63) is 66.4 Å². The lowest BCUT2D eigenvalue weighted by Crippen LogP contribution is -2.28. The molecule has 10 nitrogen and oxygen atoms in total. The van der Waals surface area contributed by atoms with E-state index in [9.17, 15) is 4.79 Å². The van der Waals surface area contributed by atoms with Gasteiger partial charge in [0.15, 0.2) is 17.3 Å². The molecule has 2 aromatic carbocycles. The molecule has 0 aliphatic heterocycles. The number of ether oxygens (including phenoxy) is 3. The standard InChI is InChI=1S/C28H31FN6O4/c1-34(2)12-13-35(3)17-18-6-9-24(32-16-18)33-28(36)39-22-8-7-20(26-27(22)31-11-10-30-26)21-14-19(37-4)15-23(38-5)25(21)29/h6-11,14-16H,12-13,17H2,1-5H3,(H,32,33,36). The maximum absolute atomic E-state index is 15.2. The number of methoxy groups -OCH3 is 2. The third-order valence-corrected chi connectivity index (χ3v) is 5.99. The van der Waals surface area contributed by atoms with Gasteiger partial charge < -0.3 is 24.0 Å². The van der Waals surface area contributed by atoms with E-state index in [0.717, 1.165) is 25.2 Å². The second-order valence-corrected chi connectivity index (χ2v) is 9.16. The van der Waals surface area contributed by atoms with Gasteiger partial charge in [-0.3, -0.25) is 10.3 Å². The van der Waals surface area contributed by atoms with Gasteiger partial charge in [0, 0.05) is 55.4 Å². The number of amides is 1. The number of hydrogen-bond donors (Lipinski definition) is 1. The molecule has 2 heterocycles. The summed E-state index contributed by atoms with van der Waals surface area (Å²) in [6, 6.07) is 9.77. The van der Waals surface area contributed by atoms with E-state index in [1.54, 1.807) is 24.4 Å². The van der Waals surface area contributed by atoms with Gasteiger partial charge in [-0.15, -0.1) is 0 Å². The van der Waals surface area contributed by atoms with E-state index >= 15 is 4.39 Å². The lowest BCUT2D eigenvalue weighted by Gasteiger charge is -2.19. The van der Waals surface area contributed by atoms with Crippen molar-refractivity contribution in [2.24, 2.45) is 0 Å². The van der Waals surface area contributed by atoms with Crippen molar-refractivity contribution in [2.75, 3.05) is 53.8 Å². The normalized spacial score (nSPS) is 11.2. The van der Waals surface area contributed by atoms with Gasteiger partial charge in [0.25, 0.3) is 0 Å². The first-order valence-electron chi connectivity index (χ1n) is 12.2. The fourth-order valence-electron chi connectivity index (χ4n) is 3.95. The van der Waals surface area contributed by atoms with Crippen LogP contribution in [0.4, 0.5) is 15.0 Å². The fraction of sp³-hybridized carbons (Fsp3) is 0.286. The minimum atomic E-state index is -0.743. The zero-order valence-electron chi connectivity index (χ0n) is 22.6. The average molecular weight is 535 g/mol. The molecule has 0 aliphatic carbocycles. The summed E-state index contributed by atoms with van der Waals surface area (Å²) in [6.07, 6.45) is 3.92. The van der Waals surface area contributed by atoms with E-state index in [1.807, 2.05) is 27.2 Å². The number of fused-ring (bicyclic) bond motifs is 1. The minimum Gasteiger partial charge on any atom is -0.497 e. The van der Waals surface area contributed by atoms with Gasteiger partial charge in [-0.25, -0.2) is 19.2 Å². The summed E-state index contributed by atoms with van der Waals surface area (Å²) in [4.78, 5) is 30.0. The van der Waals surface area contributed by atoms with E-state index in [4.69, 9.17) is 14.2 Å². The summed E-state index contributed by atoms with van der Waals surface area (Å²) in [5, 5.41) is 2.63. The molecule has 0 spiro atoms. The van der Waals surface area contributed by atoms with E-state index < -0.39 is 11.9 Å². The van der Waals surface area contributed by atoms with Crippen LogP contribution in [0.5, 0.6) is 17.2 Å². The van der Waals surface area contributed by atoms with Crippen LogP contribution in [0.15, 0.2) is 55.0 Å². The number of carbonyl (C=O) groups excluding carboxylic acids is 1. The first-order valence-corrected chi connectivity index (χ1v) is 12.2. The van der Waals surface area contributed by atoms with Crippen LogP contribution in [0.3, 0.4) is 0 Å². The Hall–Kier alpha value is -4.35. The molecule has 0 saturated heterocycles. The van der Waals surface area contributed by atoms with E-state index in [-0.39, 0.29) is 22.6 Å². The van der Waals surface area contributed by atoms with Gasteiger partial charge in [0.1, 0.15) is 22.6 Å². The number of pyridine rings is 1.